The molecule has 0 radical (unpaired) electrons. The van der Waals surface area contributed by atoms with Crippen LogP contribution in [0.4, 0.5) is 0 Å². The number of carbonyl (C=O) groups excluding carboxylic acids is 2. The van der Waals surface area contributed by atoms with Crippen LogP contribution in [0.3, 0.4) is 0 Å². The van der Waals surface area contributed by atoms with E-state index in [2.05, 4.69) is 4.90 Å². The highest BCUT2D eigenvalue weighted by Gasteiger charge is 2.46. The van der Waals surface area contributed by atoms with E-state index in [9.17, 15) is 9.59 Å². The van der Waals surface area contributed by atoms with Crippen molar-refractivity contribution in [3.8, 4) is 17.2 Å². The smallest absolute Gasteiger partial charge is 0.229 e. The van der Waals surface area contributed by atoms with Gasteiger partial charge in [0.1, 0.15) is 12.4 Å². The molecule has 0 spiro atoms. The van der Waals surface area contributed by atoms with Crippen LogP contribution in [0.1, 0.15) is 53.2 Å². The molecule has 56 heavy (non-hydrogen) atoms. The lowest BCUT2D eigenvalue weighted by Crippen LogP contribution is -2.42. The molecule has 2 aromatic heterocycles. The lowest BCUT2D eigenvalue weighted by atomic mass is 9.77. The number of fused-ring (bicyclic) bond motifs is 1. The highest BCUT2D eigenvalue weighted by atomic mass is 35.5. The molecule has 2 fully saturated rings. The molecule has 1 unspecified atom stereocenters. The van der Waals surface area contributed by atoms with Crippen LogP contribution in [0.25, 0.3) is 11.0 Å². The summed E-state index contributed by atoms with van der Waals surface area (Å²) in [5, 5.41) is 0.957. The fraction of sp³-hybridized carbons (Fsp3) is 0.419. The van der Waals surface area contributed by atoms with Crippen molar-refractivity contribution >= 4 is 45.9 Å². The van der Waals surface area contributed by atoms with Gasteiger partial charge in [-0.25, -0.2) is 4.98 Å². The zero-order valence-electron chi connectivity index (χ0n) is 32.1. The minimum Gasteiger partial charge on any atom is -0.493 e. The van der Waals surface area contributed by atoms with Crippen LogP contribution in [0.5, 0.6) is 17.2 Å². The summed E-state index contributed by atoms with van der Waals surface area (Å²) in [5.41, 5.74) is 2.95. The highest BCUT2D eigenvalue weighted by molar-refractivity contribution is 6.42. The topological polar surface area (TPSA) is 108 Å². The molecule has 296 valence electrons. The van der Waals surface area contributed by atoms with E-state index in [1.54, 1.807) is 33.7 Å². The third-order valence-corrected chi connectivity index (χ3v) is 12.0. The third-order valence-electron chi connectivity index (χ3n) is 11.2. The summed E-state index contributed by atoms with van der Waals surface area (Å²) in [6.45, 7) is 4.57. The first-order valence-corrected chi connectivity index (χ1v) is 19.8. The van der Waals surface area contributed by atoms with Crippen molar-refractivity contribution in [3.63, 3.8) is 0 Å². The Morgan fingerprint density at radius 2 is 1.66 bits per heavy atom. The first kappa shape index (κ1) is 39.7. The maximum Gasteiger partial charge on any atom is 0.229 e. The standard InChI is InChI=1S/C43H48Cl2N4O7/c1-52-37-24-30(25-38(53-2)40(37)54-3)27-48-19-15-43(42(48)51,26-29-10-11-33(44)34(45)23-29)14-18-47-16-12-31(13-17-47)39(50)41-46-35-8-4-5-9-36(35)49(41)20-22-55-28-32-7-6-21-56-32/h4-11,21,23-25,31H,12-20,22,26-28H2,1-3H3. The number of ether oxygens (including phenoxy) is 4. The first-order chi connectivity index (χ1) is 27.2. The quantitative estimate of drug-likeness (QED) is 0.0681. The number of amides is 1. The van der Waals surface area contributed by atoms with E-state index < -0.39 is 5.41 Å². The average Bonchev–Trinajstić information content (AvgIpc) is 3.95. The number of Topliss-reactive ketones (excluding diaryl/α,β-unsaturated/α-hetero) is 1. The van der Waals surface area contributed by atoms with Gasteiger partial charge in [0, 0.05) is 25.6 Å². The molecule has 1 amide bonds. The Labute approximate surface area is 337 Å². The Morgan fingerprint density at radius 1 is 0.893 bits per heavy atom. The van der Waals surface area contributed by atoms with Crippen molar-refractivity contribution in [2.24, 2.45) is 11.3 Å². The summed E-state index contributed by atoms with van der Waals surface area (Å²) in [4.78, 5) is 37.7. The van der Waals surface area contributed by atoms with Crippen LogP contribution in [0.15, 0.2) is 77.4 Å². The van der Waals surface area contributed by atoms with Gasteiger partial charge in [0.25, 0.3) is 0 Å². The molecule has 13 heteroatoms. The van der Waals surface area contributed by atoms with Crippen molar-refractivity contribution in [2.75, 3.05) is 54.1 Å². The minimum atomic E-state index is -0.631. The molecular weight excluding hydrogens is 755 g/mol. The molecule has 3 aromatic carbocycles. The van der Waals surface area contributed by atoms with Crippen LogP contribution < -0.4 is 14.2 Å². The van der Waals surface area contributed by atoms with Gasteiger partial charge in [-0.3, -0.25) is 9.59 Å². The number of piperidine rings is 1. The van der Waals surface area contributed by atoms with Crippen LogP contribution in [0.2, 0.25) is 10.0 Å². The van der Waals surface area contributed by atoms with E-state index in [0.717, 1.165) is 60.4 Å². The molecule has 0 bridgehead atoms. The molecule has 2 saturated heterocycles. The third kappa shape index (κ3) is 8.56. The SMILES string of the molecule is COc1cc(CN2CCC(CCN3CCC(C(=O)c4nc5ccccc5n4CCOCc4ccco4)CC3)(Cc3ccc(Cl)c(Cl)c3)C2=O)cc(OC)c1OC. The average molecular weight is 804 g/mol. The van der Waals surface area contributed by atoms with Crippen molar-refractivity contribution in [1.29, 1.82) is 0 Å². The zero-order valence-corrected chi connectivity index (χ0v) is 33.6. The number of nitrogens with zero attached hydrogens (tertiary/aromatic N) is 4. The van der Waals surface area contributed by atoms with E-state index in [0.29, 0.717) is 85.2 Å². The fourth-order valence-electron chi connectivity index (χ4n) is 8.20. The van der Waals surface area contributed by atoms with E-state index in [1.807, 2.05) is 70.1 Å². The van der Waals surface area contributed by atoms with E-state index in [-0.39, 0.29) is 17.6 Å². The molecule has 2 aliphatic heterocycles. The molecule has 7 rings (SSSR count). The largest absolute Gasteiger partial charge is 0.493 e. The van der Waals surface area contributed by atoms with Gasteiger partial charge >= 0.3 is 0 Å². The van der Waals surface area contributed by atoms with Crippen molar-refractivity contribution in [3.05, 3.63) is 106 Å². The Kier molecular flexibility index (Phi) is 12.6. The number of para-hydroxylation sites is 2. The molecule has 0 aliphatic carbocycles. The predicted molar refractivity (Wildman–Crippen MR) is 215 cm³/mol. The lowest BCUT2D eigenvalue weighted by Gasteiger charge is -2.35. The molecule has 5 aromatic rings. The molecule has 0 saturated carbocycles. The van der Waals surface area contributed by atoms with Crippen LogP contribution in [-0.4, -0.2) is 85.2 Å². The molecule has 2 aliphatic rings. The minimum absolute atomic E-state index is 0.0661. The van der Waals surface area contributed by atoms with Gasteiger partial charge < -0.3 is 37.7 Å². The summed E-state index contributed by atoms with van der Waals surface area (Å²) >= 11 is 12.7. The Morgan fingerprint density at radius 3 is 2.36 bits per heavy atom. The van der Waals surface area contributed by atoms with Gasteiger partial charge in [0.15, 0.2) is 17.3 Å². The summed E-state index contributed by atoms with van der Waals surface area (Å²) in [7, 11) is 4.74. The van der Waals surface area contributed by atoms with Crippen molar-refractivity contribution < 1.29 is 33.0 Å². The maximum atomic E-state index is 14.5. The van der Waals surface area contributed by atoms with Crippen LogP contribution in [-0.2, 0) is 35.6 Å². The van der Waals surface area contributed by atoms with Crippen LogP contribution in [0, 0.1) is 11.3 Å². The van der Waals surface area contributed by atoms with Crippen molar-refractivity contribution in [1.82, 2.24) is 19.4 Å². The van der Waals surface area contributed by atoms with Gasteiger partial charge in [-0.05, 0) is 111 Å². The number of methoxy groups -OCH3 is 3. The maximum absolute atomic E-state index is 14.5. The Balaban J connectivity index is 1.02. The van der Waals surface area contributed by atoms with Gasteiger partial charge in [-0.1, -0.05) is 41.4 Å². The van der Waals surface area contributed by atoms with E-state index in [1.165, 1.54) is 0 Å². The monoisotopic (exact) mass is 802 g/mol. The Hall–Kier alpha value is -4.55. The summed E-state index contributed by atoms with van der Waals surface area (Å²) < 4.78 is 29.9. The zero-order chi connectivity index (χ0) is 39.2. The molecule has 1 atom stereocenters. The number of hydrogen-bond acceptors (Lipinski definition) is 9. The number of carbonyl (C=O) groups is 2. The second-order valence-corrected chi connectivity index (χ2v) is 15.5. The number of likely N-dealkylation sites (tertiary alicyclic amines) is 2. The second-order valence-electron chi connectivity index (χ2n) is 14.7. The molecule has 11 nitrogen and oxygen atoms in total. The number of benzene rings is 3. The summed E-state index contributed by atoms with van der Waals surface area (Å²) in [6, 6.07) is 21.0. The summed E-state index contributed by atoms with van der Waals surface area (Å²) in [5.74, 6) is 2.87. The van der Waals surface area contributed by atoms with Gasteiger partial charge in [-0.15, -0.1) is 0 Å². The van der Waals surface area contributed by atoms with Gasteiger partial charge in [0.05, 0.1) is 60.7 Å². The van der Waals surface area contributed by atoms with Gasteiger partial charge in [0.2, 0.25) is 17.4 Å². The molecule has 0 N–H and O–H groups in total. The number of aromatic nitrogens is 2. The predicted octanol–water partition coefficient (Wildman–Crippen LogP) is 8.13. The van der Waals surface area contributed by atoms with E-state index in [4.69, 9.17) is 51.6 Å². The number of furan rings is 1. The normalized spacial score (nSPS) is 17.9. The molecular formula is C43H48Cl2N4O7. The Bertz CT molecular complexity index is 2120. The highest BCUT2D eigenvalue weighted by Crippen LogP contribution is 2.43. The van der Waals surface area contributed by atoms with Crippen LogP contribution >= 0.6 is 23.2 Å². The number of hydrogen-bond donors (Lipinski definition) is 0. The van der Waals surface area contributed by atoms with E-state index >= 15 is 0 Å². The molecule has 4 heterocycles. The number of imidazole rings is 1. The number of ketones is 1. The second kappa shape index (κ2) is 17.7. The number of halogens is 2. The number of rotatable bonds is 17. The summed E-state index contributed by atoms with van der Waals surface area (Å²) in [6.07, 6.45) is 4.99. The fourth-order valence-corrected chi connectivity index (χ4v) is 8.52. The lowest BCUT2D eigenvalue weighted by molar-refractivity contribution is -0.137. The van der Waals surface area contributed by atoms with Crippen molar-refractivity contribution in [2.45, 2.75) is 51.8 Å². The van der Waals surface area contributed by atoms with Gasteiger partial charge in [-0.2, -0.15) is 0 Å². The first-order valence-electron chi connectivity index (χ1n) is 19.1.